The second-order valence-corrected chi connectivity index (χ2v) is 8.95. The molecule has 1 aromatic carbocycles. The van der Waals surface area contributed by atoms with Crippen LogP contribution in [0.1, 0.15) is 27.6 Å². The zero-order valence-corrected chi connectivity index (χ0v) is 18.4. The topological polar surface area (TPSA) is 73.0 Å². The number of amides is 1. The van der Waals surface area contributed by atoms with E-state index in [-0.39, 0.29) is 11.7 Å². The number of hydrogen-bond donors (Lipinski definition) is 1. The molecule has 0 saturated carbocycles. The molecule has 0 atom stereocenters. The fraction of sp³-hybridized carbons (Fsp3) is 0.227. The fourth-order valence-electron chi connectivity index (χ4n) is 3.11. The van der Waals surface area contributed by atoms with Crippen LogP contribution >= 0.6 is 23.1 Å². The van der Waals surface area contributed by atoms with Gasteiger partial charge in [0.1, 0.15) is 11.6 Å². The number of aryl methyl sites for hydroxylation is 2. The molecule has 4 aromatic rings. The number of nitrogens with zero attached hydrogens (tertiary/aromatic N) is 3. The summed E-state index contributed by atoms with van der Waals surface area (Å²) in [6, 6.07) is 13.9. The van der Waals surface area contributed by atoms with Crippen LogP contribution in [0.15, 0.2) is 63.7 Å². The Labute approximate surface area is 183 Å². The molecule has 6 nitrogen and oxygen atoms in total. The van der Waals surface area contributed by atoms with Crippen molar-refractivity contribution in [1.29, 1.82) is 0 Å². The molecule has 0 spiro atoms. The maximum Gasteiger partial charge on any atom is 0.234 e. The number of nitrogens with one attached hydrogen (secondary N) is 1. The monoisotopic (exact) mass is 438 g/mol. The molecule has 0 unspecified atom stereocenters. The Morgan fingerprint density at radius 2 is 2.10 bits per heavy atom. The van der Waals surface area contributed by atoms with Crippen molar-refractivity contribution in [2.24, 2.45) is 0 Å². The summed E-state index contributed by atoms with van der Waals surface area (Å²) in [6.45, 7) is 4.56. The van der Waals surface area contributed by atoms with Crippen molar-refractivity contribution in [2.75, 3.05) is 11.1 Å². The second-order valence-electron chi connectivity index (χ2n) is 6.98. The smallest absolute Gasteiger partial charge is 0.234 e. The third-order valence-electron chi connectivity index (χ3n) is 4.59. The molecule has 4 rings (SSSR count). The van der Waals surface area contributed by atoms with E-state index in [4.69, 9.17) is 4.42 Å². The van der Waals surface area contributed by atoms with Crippen molar-refractivity contribution in [1.82, 2.24) is 14.8 Å². The highest BCUT2D eigenvalue weighted by atomic mass is 32.2. The number of benzene rings is 1. The van der Waals surface area contributed by atoms with Gasteiger partial charge in [-0.1, -0.05) is 35.5 Å². The maximum absolute atomic E-state index is 12.5. The van der Waals surface area contributed by atoms with Crippen LogP contribution in [0.25, 0.3) is 0 Å². The summed E-state index contributed by atoms with van der Waals surface area (Å²) in [6.07, 6.45) is 2.35. The first-order chi connectivity index (χ1) is 14.6. The lowest BCUT2D eigenvalue weighted by Gasteiger charge is -2.10. The normalized spacial score (nSPS) is 11.0. The number of rotatable bonds is 8. The summed E-state index contributed by atoms with van der Waals surface area (Å²) in [5.41, 5.74) is 3.05. The highest BCUT2D eigenvalue weighted by molar-refractivity contribution is 7.99. The van der Waals surface area contributed by atoms with Crippen LogP contribution in [-0.2, 0) is 17.8 Å². The van der Waals surface area contributed by atoms with Crippen molar-refractivity contribution in [2.45, 2.75) is 32.0 Å². The van der Waals surface area contributed by atoms with Gasteiger partial charge < -0.3 is 9.73 Å². The number of thiophene rings is 1. The van der Waals surface area contributed by atoms with Gasteiger partial charge in [0.05, 0.1) is 18.6 Å². The molecule has 1 amide bonds. The van der Waals surface area contributed by atoms with Gasteiger partial charge >= 0.3 is 0 Å². The maximum atomic E-state index is 12.5. The number of carbonyl (C=O) groups excluding carboxylic acids is 1. The number of thioether (sulfide) groups is 1. The van der Waals surface area contributed by atoms with Crippen LogP contribution in [0.4, 0.5) is 5.69 Å². The van der Waals surface area contributed by atoms with E-state index < -0.39 is 0 Å². The molecule has 0 aliphatic rings. The number of anilines is 1. The van der Waals surface area contributed by atoms with Gasteiger partial charge in [-0.3, -0.25) is 9.36 Å². The molecule has 0 radical (unpaired) electrons. The minimum absolute atomic E-state index is 0.0701. The van der Waals surface area contributed by atoms with E-state index >= 15 is 0 Å². The van der Waals surface area contributed by atoms with E-state index in [2.05, 4.69) is 33.0 Å². The van der Waals surface area contributed by atoms with Gasteiger partial charge in [0.15, 0.2) is 5.16 Å². The summed E-state index contributed by atoms with van der Waals surface area (Å²) in [5, 5.41) is 14.5. The highest BCUT2D eigenvalue weighted by Gasteiger charge is 2.16. The Bertz CT molecular complexity index is 1120. The van der Waals surface area contributed by atoms with E-state index in [1.165, 1.54) is 22.2 Å². The number of hydrogen-bond acceptors (Lipinski definition) is 6. The molecule has 1 N–H and O–H groups in total. The van der Waals surface area contributed by atoms with Gasteiger partial charge in [0.2, 0.25) is 5.91 Å². The van der Waals surface area contributed by atoms with Crippen LogP contribution in [0.2, 0.25) is 0 Å². The minimum Gasteiger partial charge on any atom is -0.467 e. The molecular formula is C22H22N4O2S2. The Balaban J connectivity index is 1.47. The zero-order chi connectivity index (χ0) is 20.9. The Morgan fingerprint density at radius 3 is 2.83 bits per heavy atom. The van der Waals surface area contributed by atoms with Crippen molar-refractivity contribution >= 4 is 34.7 Å². The molecule has 30 heavy (non-hydrogen) atoms. The Kier molecular flexibility index (Phi) is 6.35. The summed E-state index contributed by atoms with van der Waals surface area (Å²) in [7, 11) is 0. The molecule has 3 heterocycles. The minimum atomic E-state index is -0.0701. The van der Waals surface area contributed by atoms with Crippen LogP contribution < -0.4 is 5.32 Å². The Hall–Kier alpha value is -2.84. The molecule has 3 aromatic heterocycles. The first kappa shape index (κ1) is 20.4. The molecule has 0 bridgehead atoms. The SMILES string of the molecule is Cc1ccc(NC(=O)CSc2nnc(Cc3cccs3)n2Cc2ccco2)c(C)c1. The first-order valence-corrected chi connectivity index (χ1v) is 11.4. The lowest BCUT2D eigenvalue weighted by atomic mass is 10.1. The lowest BCUT2D eigenvalue weighted by Crippen LogP contribution is -2.15. The fourth-order valence-corrected chi connectivity index (χ4v) is 4.57. The molecule has 0 aliphatic heterocycles. The van der Waals surface area contributed by atoms with E-state index in [0.717, 1.165) is 22.8 Å². The first-order valence-electron chi connectivity index (χ1n) is 9.55. The van der Waals surface area contributed by atoms with Crippen LogP contribution in [0.5, 0.6) is 0 Å². The quantitative estimate of drug-likeness (QED) is 0.395. The zero-order valence-electron chi connectivity index (χ0n) is 16.8. The predicted octanol–water partition coefficient (Wildman–Crippen LogP) is 4.92. The van der Waals surface area contributed by atoms with E-state index in [1.807, 2.05) is 48.7 Å². The molecule has 0 fully saturated rings. The van der Waals surface area contributed by atoms with Crippen LogP contribution in [-0.4, -0.2) is 26.4 Å². The third-order valence-corrected chi connectivity index (χ3v) is 6.43. The summed E-state index contributed by atoms with van der Waals surface area (Å²) >= 11 is 3.07. The van der Waals surface area contributed by atoms with Gasteiger partial charge in [-0.05, 0) is 49.1 Å². The second kappa shape index (κ2) is 9.32. The number of carbonyl (C=O) groups is 1. The van der Waals surface area contributed by atoms with Crippen molar-refractivity contribution in [3.63, 3.8) is 0 Å². The average Bonchev–Trinajstić information content (AvgIpc) is 3.47. The summed E-state index contributed by atoms with van der Waals surface area (Å²) in [5.74, 6) is 1.86. The molecule has 0 aliphatic carbocycles. The Morgan fingerprint density at radius 1 is 1.20 bits per heavy atom. The van der Waals surface area contributed by atoms with Crippen molar-refractivity contribution in [3.05, 3.63) is 81.7 Å². The largest absolute Gasteiger partial charge is 0.467 e. The van der Waals surface area contributed by atoms with Gasteiger partial charge in [-0.15, -0.1) is 21.5 Å². The van der Waals surface area contributed by atoms with Crippen molar-refractivity contribution < 1.29 is 9.21 Å². The molecule has 154 valence electrons. The lowest BCUT2D eigenvalue weighted by molar-refractivity contribution is -0.113. The number of furan rings is 1. The van der Waals surface area contributed by atoms with Gasteiger partial charge in [-0.2, -0.15) is 0 Å². The third kappa shape index (κ3) is 5.01. The van der Waals surface area contributed by atoms with Gasteiger partial charge in [0.25, 0.3) is 0 Å². The van der Waals surface area contributed by atoms with Crippen molar-refractivity contribution in [3.8, 4) is 0 Å². The van der Waals surface area contributed by atoms with Gasteiger partial charge in [0, 0.05) is 17.0 Å². The van der Waals surface area contributed by atoms with Crippen LogP contribution in [0, 0.1) is 13.8 Å². The van der Waals surface area contributed by atoms with Crippen LogP contribution in [0.3, 0.4) is 0 Å². The van der Waals surface area contributed by atoms with Gasteiger partial charge in [-0.25, -0.2) is 0 Å². The average molecular weight is 439 g/mol. The standard InChI is InChI=1S/C22H22N4O2S2/c1-15-7-8-19(16(2)11-15)23-21(27)14-30-22-25-24-20(12-18-6-4-10-29-18)26(22)13-17-5-3-9-28-17/h3-11H,12-14H2,1-2H3,(H,23,27). The van der Waals surface area contributed by atoms with E-state index in [1.54, 1.807) is 17.6 Å². The molecule has 8 heteroatoms. The summed E-state index contributed by atoms with van der Waals surface area (Å²) in [4.78, 5) is 13.7. The highest BCUT2D eigenvalue weighted by Crippen LogP contribution is 2.23. The van der Waals surface area contributed by atoms with E-state index in [9.17, 15) is 4.79 Å². The summed E-state index contributed by atoms with van der Waals surface area (Å²) < 4.78 is 7.54. The predicted molar refractivity (Wildman–Crippen MR) is 120 cm³/mol. The molecule has 0 saturated heterocycles. The molecular weight excluding hydrogens is 416 g/mol. The van der Waals surface area contributed by atoms with E-state index in [0.29, 0.717) is 18.1 Å². The number of aromatic nitrogens is 3.